The Morgan fingerprint density at radius 1 is 0.800 bits per heavy atom. The van der Waals surface area contributed by atoms with Crippen LogP contribution >= 0.6 is 0 Å². The van der Waals surface area contributed by atoms with Crippen LogP contribution in [0.3, 0.4) is 0 Å². The molecule has 0 saturated heterocycles. The van der Waals surface area contributed by atoms with Crippen molar-refractivity contribution in [2.45, 2.75) is 25.7 Å². The first-order chi connectivity index (χ1) is 6.93. The molecule has 4 rings (SSSR count). The van der Waals surface area contributed by atoms with Gasteiger partial charge in [-0.2, -0.15) is 34.4 Å². The van der Waals surface area contributed by atoms with E-state index in [-0.39, 0.29) is 17.1 Å². The van der Waals surface area contributed by atoms with Crippen molar-refractivity contribution >= 4 is 0 Å². The van der Waals surface area contributed by atoms with Crippen molar-refractivity contribution in [3.05, 3.63) is 58.7 Å². The summed E-state index contributed by atoms with van der Waals surface area (Å²) in [6.07, 6.45) is 5.29. The van der Waals surface area contributed by atoms with Gasteiger partial charge in [-0.05, 0) is 0 Å². The zero-order valence-electron chi connectivity index (χ0n) is 8.65. The average molecular weight is 238 g/mol. The molecule has 1 heteroatoms. The first-order valence-corrected chi connectivity index (χ1v) is 5.40. The van der Waals surface area contributed by atoms with E-state index in [0.29, 0.717) is 0 Å². The maximum absolute atomic E-state index is 2.21. The standard InChI is InChI=1S/2C7H7.Fe/c2*1-2-6-4-5-7(6)3-1;/h2*1-3H,4-5H2;/q2*-1;. The van der Waals surface area contributed by atoms with Crippen LogP contribution in [-0.4, -0.2) is 0 Å². The molecule has 80 valence electrons. The molecule has 0 bridgehead atoms. The van der Waals surface area contributed by atoms with Crippen molar-refractivity contribution in [1.82, 2.24) is 0 Å². The zero-order chi connectivity index (χ0) is 9.38. The fourth-order valence-corrected chi connectivity index (χ4v) is 2.15. The molecule has 0 aromatic heterocycles. The third-order valence-electron chi connectivity index (χ3n) is 3.34. The largest absolute Gasteiger partial charge is 0.213 e. The van der Waals surface area contributed by atoms with Gasteiger partial charge in [-0.15, -0.1) is 0 Å². The molecule has 0 spiro atoms. The molecule has 0 aliphatic heterocycles. The third-order valence-corrected chi connectivity index (χ3v) is 3.34. The Hall–Kier alpha value is -0.781. The van der Waals surface area contributed by atoms with Crippen molar-refractivity contribution in [2.75, 3.05) is 0 Å². The summed E-state index contributed by atoms with van der Waals surface area (Å²) in [5, 5.41) is 0. The van der Waals surface area contributed by atoms with E-state index in [9.17, 15) is 0 Å². The van der Waals surface area contributed by atoms with E-state index in [1.54, 1.807) is 22.3 Å². The minimum Gasteiger partial charge on any atom is -0.213 e. The molecule has 0 saturated carbocycles. The first kappa shape index (κ1) is 10.7. The molecule has 0 heterocycles. The molecule has 2 aliphatic carbocycles. The topological polar surface area (TPSA) is 0 Å². The average Bonchev–Trinajstić information content (AvgIpc) is 2.59. The van der Waals surface area contributed by atoms with Crippen LogP contribution < -0.4 is 0 Å². The Balaban J connectivity index is 0.000000107. The number of aryl methyl sites for hydroxylation is 4. The fraction of sp³-hybridized carbons (Fsp3) is 0.286. The summed E-state index contributed by atoms with van der Waals surface area (Å²) >= 11 is 0. The Kier molecular flexibility index (Phi) is 3.14. The fourth-order valence-electron chi connectivity index (χ4n) is 2.15. The maximum Gasteiger partial charge on any atom is 0 e. The first-order valence-electron chi connectivity index (χ1n) is 5.40. The Morgan fingerprint density at radius 2 is 1.27 bits per heavy atom. The Labute approximate surface area is 102 Å². The second-order valence-corrected chi connectivity index (χ2v) is 4.15. The molecular weight excluding hydrogens is 224 g/mol. The molecule has 0 fully saturated rings. The molecule has 2 aliphatic rings. The van der Waals surface area contributed by atoms with E-state index < -0.39 is 0 Å². The van der Waals surface area contributed by atoms with E-state index in [2.05, 4.69) is 36.4 Å². The summed E-state index contributed by atoms with van der Waals surface area (Å²) in [4.78, 5) is 0. The molecule has 0 atom stereocenters. The minimum absolute atomic E-state index is 0. The van der Waals surface area contributed by atoms with Gasteiger partial charge in [0.15, 0.2) is 0 Å². The van der Waals surface area contributed by atoms with Gasteiger partial charge in [-0.3, -0.25) is 0 Å². The van der Waals surface area contributed by atoms with Crippen molar-refractivity contribution in [1.29, 1.82) is 0 Å². The summed E-state index contributed by atoms with van der Waals surface area (Å²) in [7, 11) is 0. The van der Waals surface area contributed by atoms with Gasteiger partial charge in [0, 0.05) is 17.1 Å². The molecule has 15 heavy (non-hydrogen) atoms. The summed E-state index contributed by atoms with van der Waals surface area (Å²) < 4.78 is 0. The van der Waals surface area contributed by atoms with Gasteiger partial charge in [0.25, 0.3) is 0 Å². The van der Waals surface area contributed by atoms with E-state index in [4.69, 9.17) is 0 Å². The second kappa shape index (κ2) is 4.38. The molecule has 2 aromatic carbocycles. The Morgan fingerprint density at radius 3 is 1.40 bits per heavy atom. The van der Waals surface area contributed by atoms with E-state index in [0.717, 1.165) is 0 Å². The predicted octanol–water partition coefficient (Wildman–Crippen LogP) is 3.01. The summed E-state index contributed by atoms with van der Waals surface area (Å²) in [6.45, 7) is 0. The van der Waals surface area contributed by atoms with Gasteiger partial charge in [0.2, 0.25) is 0 Å². The van der Waals surface area contributed by atoms with E-state index in [1.165, 1.54) is 25.7 Å². The Bertz CT molecular complexity index is 354. The third kappa shape index (κ3) is 1.95. The van der Waals surface area contributed by atoms with E-state index >= 15 is 0 Å². The van der Waals surface area contributed by atoms with Gasteiger partial charge >= 0.3 is 0 Å². The van der Waals surface area contributed by atoms with Crippen LogP contribution in [0.1, 0.15) is 22.3 Å². The van der Waals surface area contributed by atoms with Crippen LogP contribution in [0.25, 0.3) is 0 Å². The molecule has 0 radical (unpaired) electrons. The normalized spacial score (nSPS) is 14.4. The molecule has 0 unspecified atom stereocenters. The summed E-state index contributed by atoms with van der Waals surface area (Å²) in [5.74, 6) is 0. The quantitative estimate of drug-likeness (QED) is 0.489. The minimum atomic E-state index is 0. The molecular formula is C14H14Fe-2. The summed E-state index contributed by atoms with van der Waals surface area (Å²) in [6, 6.07) is 13.1. The SMILES string of the molecule is [Fe].c1cc2[c-](c1)CC2.c1cc2[c-](c1)CC2. The van der Waals surface area contributed by atoms with Crippen molar-refractivity contribution < 1.29 is 17.1 Å². The van der Waals surface area contributed by atoms with Crippen LogP contribution in [0.5, 0.6) is 0 Å². The number of hydrogen-bond acceptors (Lipinski definition) is 0. The monoisotopic (exact) mass is 238 g/mol. The van der Waals surface area contributed by atoms with Gasteiger partial charge in [-0.1, -0.05) is 25.7 Å². The van der Waals surface area contributed by atoms with Crippen LogP contribution in [0.2, 0.25) is 0 Å². The van der Waals surface area contributed by atoms with Gasteiger partial charge in [0.1, 0.15) is 0 Å². The van der Waals surface area contributed by atoms with Crippen molar-refractivity contribution in [2.24, 2.45) is 0 Å². The van der Waals surface area contributed by atoms with Gasteiger partial charge in [-0.25, -0.2) is 24.3 Å². The van der Waals surface area contributed by atoms with Crippen molar-refractivity contribution in [3.63, 3.8) is 0 Å². The van der Waals surface area contributed by atoms with Crippen LogP contribution in [-0.2, 0) is 42.8 Å². The molecule has 0 N–H and O–H groups in total. The van der Waals surface area contributed by atoms with Gasteiger partial charge in [0.05, 0.1) is 0 Å². The number of fused-ring (bicyclic) bond motifs is 2. The van der Waals surface area contributed by atoms with Crippen LogP contribution in [0.15, 0.2) is 36.4 Å². The molecule has 2 aromatic rings. The van der Waals surface area contributed by atoms with Crippen LogP contribution in [0.4, 0.5) is 0 Å². The molecule has 0 amide bonds. The van der Waals surface area contributed by atoms with Crippen molar-refractivity contribution in [3.8, 4) is 0 Å². The van der Waals surface area contributed by atoms with Gasteiger partial charge < -0.3 is 0 Å². The summed E-state index contributed by atoms with van der Waals surface area (Å²) in [5.41, 5.74) is 6.28. The van der Waals surface area contributed by atoms with Crippen LogP contribution in [0, 0.1) is 0 Å². The predicted molar refractivity (Wildman–Crippen MR) is 58.9 cm³/mol. The van der Waals surface area contributed by atoms with E-state index in [1.807, 2.05) is 0 Å². The zero-order valence-corrected chi connectivity index (χ0v) is 9.75. The maximum atomic E-state index is 2.21. The smallest absolute Gasteiger partial charge is 0 e. The molecule has 0 nitrogen and oxygen atoms in total. The number of rotatable bonds is 0. The number of hydrogen-bond donors (Lipinski definition) is 0. The second-order valence-electron chi connectivity index (χ2n) is 4.15.